The number of carbonyl (C=O) groups is 8. The molecule has 2 bridgehead atoms. The molecule has 2 aromatic carbocycles. The number of likely N-dealkylation sites (N-methyl/N-ethyl adjacent to an activating group) is 1. The number of esters is 1. The number of piperidine rings is 1. The van der Waals surface area contributed by atoms with E-state index in [1.165, 1.54) is 31.0 Å². The highest BCUT2D eigenvalue weighted by Crippen LogP contribution is 2.28. The van der Waals surface area contributed by atoms with Gasteiger partial charge in [0, 0.05) is 20.6 Å². The second-order valence-electron chi connectivity index (χ2n) is 19.4. The number of nitrogens with one attached hydrogen (secondary N) is 5. The molecule has 2 aromatic rings. The molecule has 422 valence electrons. The number of benzene rings is 2. The standard InChI is InChI=1S/C51H76N8O16S/c1-8-29(3)41-51(69)75-31(5)42(57-45(63)36(23-20-32-18-21-34(60)22-19-32)53-47(65)39(73-7)28-74-76(70,71)72)48(66)54-35(17-13-14-26-52)44(62)55-37-24-25-40(61)59(49(37)67)43(30(4)9-2)50(68)58(6)38(46(64)56-41)27-33-15-11-10-12-16-33/h10-12,15-16,18-19,21-22,29-31,35-43,60-61H,8-9,13-14,17,20,23-28,52H2,1-7H3,(H,53,65)(H,54,66)(H,55,62)(H,56,64)(H,57,63)(H,70,71,72)/t29-,30+,31-,35-,36+,37-,38-,39+,40+,41-,42-,43+/m0/s1. The van der Waals surface area contributed by atoms with Crippen LogP contribution in [0.25, 0.3) is 0 Å². The molecule has 2 fully saturated rings. The van der Waals surface area contributed by atoms with Crippen molar-refractivity contribution in [2.24, 2.45) is 17.6 Å². The zero-order valence-corrected chi connectivity index (χ0v) is 45.0. The number of carbonyl (C=O) groups excluding carboxylic acids is 8. The molecule has 0 spiro atoms. The number of aliphatic hydroxyl groups excluding tert-OH is 1. The van der Waals surface area contributed by atoms with Crippen LogP contribution in [0.3, 0.4) is 0 Å². The average Bonchev–Trinajstić information content (AvgIpc) is 3.38. The number of aryl methyl sites for hydroxylation is 1. The van der Waals surface area contributed by atoms with E-state index in [1.807, 2.05) is 0 Å². The maximum atomic E-state index is 15.0. The number of hydrogen-bond donors (Lipinski definition) is 9. The number of nitrogens with two attached hydrogens (primary N) is 1. The Labute approximate surface area is 443 Å². The summed E-state index contributed by atoms with van der Waals surface area (Å²) in [6, 6.07) is 4.44. The van der Waals surface area contributed by atoms with Crippen LogP contribution in [0.15, 0.2) is 54.6 Å². The zero-order chi connectivity index (χ0) is 56.4. The number of nitrogens with zero attached hydrogens (tertiary/aromatic N) is 2. The summed E-state index contributed by atoms with van der Waals surface area (Å²) in [5.41, 5.74) is 7.03. The molecule has 12 atom stereocenters. The number of unbranched alkanes of at least 4 members (excludes halogenated alkanes) is 1. The lowest BCUT2D eigenvalue weighted by Gasteiger charge is -2.44. The Kier molecular flexibility index (Phi) is 24.0. The second kappa shape index (κ2) is 29.3. The summed E-state index contributed by atoms with van der Waals surface area (Å²) in [7, 11) is -2.60. The summed E-state index contributed by atoms with van der Waals surface area (Å²) in [6.07, 6.45) is -3.80. The lowest BCUT2D eigenvalue weighted by molar-refractivity contribution is -0.168. The van der Waals surface area contributed by atoms with E-state index in [4.69, 9.17) is 19.8 Å². The Morgan fingerprint density at radius 3 is 2.13 bits per heavy atom. The van der Waals surface area contributed by atoms with E-state index in [0.717, 1.165) is 12.0 Å². The van der Waals surface area contributed by atoms with Gasteiger partial charge in [-0.15, -0.1) is 0 Å². The van der Waals surface area contributed by atoms with E-state index in [-0.39, 0.29) is 57.2 Å². The maximum absolute atomic E-state index is 15.0. The topological polar surface area (TPSA) is 352 Å². The maximum Gasteiger partial charge on any atom is 0.397 e. The Morgan fingerprint density at radius 2 is 1.53 bits per heavy atom. The van der Waals surface area contributed by atoms with Crippen molar-refractivity contribution in [2.75, 3.05) is 27.3 Å². The zero-order valence-electron chi connectivity index (χ0n) is 44.1. The summed E-state index contributed by atoms with van der Waals surface area (Å²) in [4.78, 5) is 119. The van der Waals surface area contributed by atoms with E-state index < -0.39 is 137 Å². The van der Waals surface area contributed by atoms with Crippen molar-refractivity contribution in [3.8, 4) is 5.75 Å². The summed E-state index contributed by atoms with van der Waals surface area (Å²) < 4.78 is 47.3. The molecule has 2 saturated heterocycles. The van der Waals surface area contributed by atoms with Crippen LogP contribution in [0.4, 0.5) is 0 Å². The van der Waals surface area contributed by atoms with Gasteiger partial charge in [-0.05, 0) is 93.5 Å². The number of amides is 7. The highest BCUT2D eigenvalue weighted by atomic mass is 32.3. The Balaban J connectivity index is 1.87. The van der Waals surface area contributed by atoms with Crippen molar-refractivity contribution < 1.29 is 75.2 Å². The number of methoxy groups -OCH3 is 1. The van der Waals surface area contributed by atoms with Gasteiger partial charge in [-0.25, -0.2) is 8.98 Å². The Hall–Kier alpha value is -6.25. The van der Waals surface area contributed by atoms with E-state index in [9.17, 15) is 57.0 Å². The largest absolute Gasteiger partial charge is 0.508 e. The molecule has 0 aliphatic carbocycles. The van der Waals surface area contributed by atoms with E-state index in [1.54, 1.807) is 70.2 Å². The molecule has 0 aromatic heterocycles. The minimum atomic E-state index is -5.04. The number of aliphatic hydroxyl groups is 1. The highest BCUT2D eigenvalue weighted by Gasteiger charge is 2.47. The molecule has 2 heterocycles. The van der Waals surface area contributed by atoms with Crippen molar-refractivity contribution >= 4 is 57.7 Å². The minimum absolute atomic E-state index is 0.0457. The third kappa shape index (κ3) is 17.7. The SMILES string of the molecule is CC[C@@H](C)[C@@H]1C(=O)N(C)[C@@H](Cc2ccccc2)C(=O)N[C@@H]([C@@H](C)CC)C(=O)O[C@@H](C)[C@H](NC(=O)[C@@H](CCc2ccc(O)cc2)NC(=O)[C@@H](COS(=O)(=O)O)OC)C(=O)N[C@@H](CCCCN)C(=O)N[C@H]2CC[C@@H](O)N1C2=O. The molecule has 0 unspecified atom stereocenters. The third-order valence-electron chi connectivity index (χ3n) is 14.0. The molecule has 25 heteroatoms. The van der Waals surface area contributed by atoms with Gasteiger partial charge >= 0.3 is 16.4 Å². The van der Waals surface area contributed by atoms with Gasteiger partial charge in [0.05, 0.1) is 0 Å². The molecule has 2 aliphatic heterocycles. The fourth-order valence-corrected chi connectivity index (χ4v) is 9.22. The molecule has 0 saturated carbocycles. The molecule has 2 aliphatic rings. The number of rotatable bonds is 21. The number of fused-ring (bicyclic) bond motifs is 2. The van der Waals surface area contributed by atoms with Gasteiger partial charge in [-0.2, -0.15) is 8.42 Å². The molecule has 76 heavy (non-hydrogen) atoms. The molecular weight excluding hydrogens is 1010 g/mol. The predicted molar refractivity (Wildman–Crippen MR) is 274 cm³/mol. The second-order valence-corrected chi connectivity index (χ2v) is 20.5. The van der Waals surface area contributed by atoms with E-state index in [2.05, 4.69) is 30.8 Å². The summed E-state index contributed by atoms with van der Waals surface area (Å²) in [5.74, 6) is -8.62. The molecule has 10 N–H and O–H groups in total. The van der Waals surface area contributed by atoms with E-state index >= 15 is 0 Å². The monoisotopic (exact) mass is 1090 g/mol. The number of phenols is 1. The van der Waals surface area contributed by atoms with Crippen LogP contribution in [-0.2, 0) is 75.3 Å². The molecule has 4 rings (SSSR count). The smallest absolute Gasteiger partial charge is 0.397 e. The summed E-state index contributed by atoms with van der Waals surface area (Å²) in [6.45, 7) is 7.43. The highest BCUT2D eigenvalue weighted by molar-refractivity contribution is 7.80. The summed E-state index contributed by atoms with van der Waals surface area (Å²) >= 11 is 0. The van der Waals surface area contributed by atoms with Crippen LogP contribution >= 0.6 is 0 Å². The molecule has 0 radical (unpaired) electrons. The lowest BCUT2D eigenvalue weighted by Crippen LogP contribution is -2.66. The number of aromatic hydroxyl groups is 1. The van der Waals surface area contributed by atoms with Crippen LogP contribution in [-0.4, -0.2) is 168 Å². The van der Waals surface area contributed by atoms with Gasteiger partial charge in [0.15, 0.2) is 6.10 Å². The van der Waals surface area contributed by atoms with Gasteiger partial charge in [-0.1, -0.05) is 83.0 Å². The normalized spacial score (nSPS) is 25.0. The first-order chi connectivity index (χ1) is 35.9. The number of cyclic esters (lactones) is 1. The fourth-order valence-electron chi connectivity index (χ4n) is 8.92. The lowest BCUT2D eigenvalue weighted by atomic mass is 9.91. The van der Waals surface area contributed by atoms with Crippen LogP contribution in [0, 0.1) is 11.8 Å². The first-order valence-electron chi connectivity index (χ1n) is 25.6. The Bertz CT molecular complexity index is 2420. The molecule has 24 nitrogen and oxygen atoms in total. The number of phenolic OH excluding ortho intramolecular Hbond substituents is 1. The van der Waals surface area contributed by atoms with Crippen molar-refractivity contribution in [1.29, 1.82) is 0 Å². The first kappa shape index (κ1) is 62.3. The van der Waals surface area contributed by atoms with Crippen molar-refractivity contribution in [2.45, 2.75) is 160 Å². The minimum Gasteiger partial charge on any atom is -0.508 e. The fraction of sp³-hybridized carbons (Fsp3) is 0.608. The van der Waals surface area contributed by atoms with Crippen LogP contribution in [0.1, 0.15) is 97.1 Å². The summed E-state index contributed by atoms with van der Waals surface area (Å²) in [5, 5.41) is 34.5. The van der Waals surface area contributed by atoms with Crippen LogP contribution < -0.4 is 32.3 Å². The molecular formula is C51H76N8O16S. The number of hydrogen-bond acceptors (Lipinski definition) is 16. The van der Waals surface area contributed by atoms with Gasteiger partial charge in [0.2, 0.25) is 35.4 Å². The average molecular weight is 1090 g/mol. The Morgan fingerprint density at radius 1 is 0.868 bits per heavy atom. The van der Waals surface area contributed by atoms with Crippen molar-refractivity contribution in [3.63, 3.8) is 0 Å². The number of ether oxygens (including phenoxy) is 2. The van der Waals surface area contributed by atoms with Crippen LogP contribution in [0.2, 0.25) is 0 Å². The van der Waals surface area contributed by atoms with E-state index in [0.29, 0.717) is 30.4 Å². The van der Waals surface area contributed by atoms with Gasteiger partial charge in [0.1, 0.15) is 67.0 Å². The predicted octanol–water partition coefficient (Wildman–Crippen LogP) is 0.129. The first-order valence-corrected chi connectivity index (χ1v) is 27.0. The van der Waals surface area contributed by atoms with Crippen LogP contribution in [0.5, 0.6) is 5.75 Å². The third-order valence-corrected chi connectivity index (χ3v) is 14.4. The van der Waals surface area contributed by atoms with Gasteiger partial charge in [0.25, 0.3) is 5.91 Å². The van der Waals surface area contributed by atoms with Crippen molar-refractivity contribution in [3.05, 3.63) is 65.7 Å². The molecule has 7 amide bonds. The van der Waals surface area contributed by atoms with Gasteiger partial charge < -0.3 is 61.8 Å². The van der Waals surface area contributed by atoms with Crippen molar-refractivity contribution in [1.82, 2.24) is 36.4 Å². The van der Waals surface area contributed by atoms with Gasteiger partial charge in [-0.3, -0.25) is 38.1 Å². The quantitative estimate of drug-likeness (QED) is 0.0456.